The molecule has 2 aromatic carbocycles. The lowest BCUT2D eigenvalue weighted by Crippen LogP contribution is -2.68. The van der Waals surface area contributed by atoms with Crippen molar-refractivity contribution in [3.63, 3.8) is 0 Å². The third-order valence-electron chi connectivity index (χ3n) is 12.2. The molecule has 41 heavy (non-hydrogen) atoms. The lowest BCUT2D eigenvalue weighted by Gasteiger charge is -2.58. The summed E-state index contributed by atoms with van der Waals surface area (Å²) in [4.78, 5) is 11.7. The summed E-state index contributed by atoms with van der Waals surface area (Å²) in [5, 5.41) is 2.76. The van der Waals surface area contributed by atoms with Crippen molar-refractivity contribution in [2.45, 2.75) is 97.6 Å². The zero-order chi connectivity index (χ0) is 29.0. The van der Waals surface area contributed by atoms with E-state index in [0.29, 0.717) is 5.92 Å². The van der Waals surface area contributed by atoms with Crippen molar-refractivity contribution < 1.29 is 9.22 Å². The van der Waals surface area contributed by atoms with Crippen LogP contribution in [0.25, 0.3) is 0 Å². The fourth-order valence-electron chi connectivity index (χ4n) is 10.0. The standard InChI is InChI=1S/C38H50O2Si/c1-27(26-39)33-19-20-34-32-18-17-28-25-29(21-23-37(28,5)35(32)22-24-38(33,34)6)40-41(36(2,3)4,30-13-9-7-10-14-30)31-15-11-8-12-16-31/h7-17,19,26-27,29,32,34-35H,18,20-25H2,1-6H3/t27-,29+,32+,34+,35+,37+,38-/m1/s1. The first-order valence-electron chi connectivity index (χ1n) is 16.2. The van der Waals surface area contributed by atoms with Gasteiger partial charge in [0.15, 0.2) is 0 Å². The molecule has 0 saturated heterocycles. The van der Waals surface area contributed by atoms with Crippen LogP contribution in [0.15, 0.2) is 84.0 Å². The van der Waals surface area contributed by atoms with Gasteiger partial charge in [0, 0.05) is 12.0 Å². The summed E-state index contributed by atoms with van der Waals surface area (Å²) in [6, 6.07) is 22.3. The number of allylic oxidation sites excluding steroid dienone is 3. The second-order valence-corrected chi connectivity index (χ2v) is 19.4. The average Bonchev–Trinajstić information content (AvgIpc) is 3.33. The van der Waals surface area contributed by atoms with E-state index < -0.39 is 8.32 Å². The van der Waals surface area contributed by atoms with Gasteiger partial charge in [0.1, 0.15) is 6.29 Å². The second kappa shape index (κ2) is 10.5. The van der Waals surface area contributed by atoms with E-state index in [9.17, 15) is 4.79 Å². The number of hydrogen-bond donors (Lipinski definition) is 0. The first-order valence-corrected chi connectivity index (χ1v) is 18.1. The maximum Gasteiger partial charge on any atom is 0.261 e. The zero-order valence-electron chi connectivity index (χ0n) is 26.2. The van der Waals surface area contributed by atoms with E-state index in [-0.39, 0.29) is 27.9 Å². The maximum absolute atomic E-state index is 11.7. The molecule has 0 aliphatic heterocycles. The number of carbonyl (C=O) groups is 1. The molecule has 0 spiro atoms. The fraction of sp³-hybridized carbons (Fsp3) is 0.553. The lowest BCUT2D eigenvalue weighted by molar-refractivity contribution is -0.110. The topological polar surface area (TPSA) is 26.3 Å². The number of rotatable bonds is 6. The van der Waals surface area contributed by atoms with Crippen LogP contribution in [0, 0.1) is 34.5 Å². The minimum absolute atomic E-state index is 0.00214. The molecular weight excluding hydrogens is 517 g/mol. The molecule has 2 fully saturated rings. The molecule has 0 aromatic heterocycles. The minimum Gasteiger partial charge on any atom is -0.404 e. The molecule has 218 valence electrons. The smallest absolute Gasteiger partial charge is 0.261 e. The summed E-state index contributed by atoms with van der Waals surface area (Å²) in [5.74, 6) is 2.21. The largest absolute Gasteiger partial charge is 0.404 e. The van der Waals surface area contributed by atoms with E-state index in [1.165, 1.54) is 47.9 Å². The van der Waals surface area contributed by atoms with Crippen molar-refractivity contribution in [1.29, 1.82) is 0 Å². The van der Waals surface area contributed by atoms with Gasteiger partial charge in [-0.3, -0.25) is 0 Å². The third kappa shape index (κ3) is 4.49. The molecule has 0 radical (unpaired) electrons. The van der Waals surface area contributed by atoms with Crippen LogP contribution < -0.4 is 10.4 Å². The Balaban J connectivity index is 1.30. The normalized spacial score (nSPS) is 34.0. The number of hydrogen-bond acceptors (Lipinski definition) is 2. The van der Waals surface area contributed by atoms with Crippen LogP contribution in [-0.4, -0.2) is 20.7 Å². The Morgan fingerprint density at radius 1 is 0.854 bits per heavy atom. The molecule has 7 atom stereocenters. The van der Waals surface area contributed by atoms with Crippen LogP contribution in [-0.2, 0) is 9.22 Å². The Morgan fingerprint density at radius 2 is 1.46 bits per heavy atom. The highest BCUT2D eigenvalue weighted by atomic mass is 28.4. The van der Waals surface area contributed by atoms with Crippen LogP contribution in [0.5, 0.6) is 0 Å². The van der Waals surface area contributed by atoms with Gasteiger partial charge in [-0.05, 0) is 88.9 Å². The highest BCUT2D eigenvalue weighted by Crippen LogP contribution is 2.65. The van der Waals surface area contributed by atoms with Gasteiger partial charge in [0.25, 0.3) is 8.32 Å². The van der Waals surface area contributed by atoms with Gasteiger partial charge >= 0.3 is 0 Å². The molecule has 2 aromatic rings. The first-order chi connectivity index (χ1) is 19.5. The Labute approximate surface area is 249 Å². The second-order valence-electron chi connectivity index (χ2n) is 15.2. The molecule has 0 bridgehead atoms. The van der Waals surface area contributed by atoms with E-state index in [2.05, 4.69) is 114 Å². The van der Waals surface area contributed by atoms with E-state index in [1.807, 2.05) is 0 Å². The molecule has 4 aliphatic rings. The maximum atomic E-state index is 11.7. The van der Waals surface area contributed by atoms with E-state index in [0.717, 1.165) is 31.1 Å². The number of carbonyl (C=O) groups excluding carboxylic acids is 1. The molecule has 0 unspecified atom stereocenters. The van der Waals surface area contributed by atoms with Crippen LogP contribution >= 0.6 is 0 Å². The van der Waals surface area contributed by atoms with Gasteiger partial charge in [0.2, 0.25) is 0 Å². The summed E-state index contributed by atoms with van der Waals surface area (Å²) in [5.41, 5.74) is 3.57. The van der Waals surface area contributed by atoms with Crippen LogP contribution in [0.3, 0.4) is 0 Å². The van der Waals surface area contributed by atoms with Crippen molar-refractivity contribution in [1.82, 2.24) is 0 Å². The van der Waals surface area contributed by atoms with Gasteiger partial charge in [0.05, 0.1) is 0 Å². The molecule has 6 rings (SSSR count). The number of fused-ring (bicyclic) bond motifs is 5. The van der Waals surface area contributed by atoms with E-state index in [1.54, 1.807) is 5.57 Å². The summed E-state index contributed by atoms with van der Waals surface area (Å²) in [7, 11) is -2.56. The van der Waals surface area contributed by atoms with E-state index >= 15 is 0 Å². The van der Waals surface area contributed by atoms with Gasteiger partial charge in [-0.2, -0.15) is 0 Å². The molecule has 0 heterocycles. The molecule has 0 N–H and O–H groups in total. The van der Waals surface area contributed by atoms with Gasteiger partial charge < -0.3 is 9.22 Å². The summed E-state index contributed by atoms with van der Waals surface area (Å²) >= 11 is 0. The Kier molecular flexibility index (Phi) is 7.38. The summed E-state index contributed by atoms with van der Waals surface area (Å²) in [6.45, 7) is 14.4. The van der Waals surface area contributed by atoms with Crippen LogP contribution in [0.2, 0.25) is 5.04 Å². The third-order valence-corrected chi connectivity index (χ3v) is 17.2. The highest BCUT2D eigenvalue weighted by molar-refractivity contribution is 6.99. The predicted octanol–water partition coefficient (Wildman–Crippen LogP) is 8.27. The van der Waals surface area contributed by atoms with Crippen LogP contribution in [0.1, 0.15) is 86.5 Å². The first kappa shape index (κ1) is 28.9. The van der Waals surface area contributed by atoms with E-state index in [4.69, 9.17) is 4.43 Å². The Hall–Kier alpha value is -2.23. The number of benzene rings is 2. The molecule has 2 nitrogen and oxygen atoms in total. The lowest BCUT2D eigenvalue weighted by atomic mass is 9.47. The molecular formula is C38H50O2Si. The molecule has 4 aliphatic carbocycles. The molecule has 3 heteroatoms. The zero-order valence-corrected chi connectivity index (χ0v) is 27.2. The van der Waals surface area contributed by atoms with Crippen molar-refractivity contribution >= 4 is 25.0 Å². The fourth-order valence-corrected chi connectivity index (χ4v) is 14.8. The van der Waals surface area contributed by atoms with Gasteiger partial charge in [-0.25, -0.2) is 0 Å². The minimum atomic E-state index is -2.56. The van der Waals surface area contributed by atoms with Crippen molar-refractivity contribution in [3.8, 4) is 0 Å². The summed E-state index contributed by atoms with van der Waals surface area (Å²) < 4.78 is 7.64. The van der Waals surface area contributed by atoms with Crippen molar-refractivity contribution in [2.75, 3.05) is 0 Å². The number of aldehydes is 1. The van der Waals surface area contributed by atoms with Gasteiger partial charge in [-0.1, -0.05) is 126 Å². The Morgan fingerprint density at radius 3 is 2.05 bits per heavy atom. The highest BCUT2D eigenvalue weighted by Gasteiger charge is 2.58. The SMILES string of the molecule is C[C@H](C=O)C1=CC[C@H]2[C@@H]3CC=C4C[C@@H](O[Si](c5ccccc5)(c5ccccc5)C(C)(C)C)CC[C@]4(C)[C@H]3CC[C@]12C. The molecule has 2 saturated carbocycles. The van der Waals surface area contributed by atoms with Crippen molar-refractivity contribution in [3.05, 3.63) is 84.0 Å². The predicted molar refractivity (Wildman–Crippen MR) is 173 cm³/mol. The Bertz CT molecular complexity index is 1280. The molecule has 0 amide bonds. The van der Waals surface area contributed by atoms with Gasteiger partial charge in [-0.15, -0.1) is 0 Å². The quantitative estimate of drug-likeness (QED) is 0.200. The van der Waals surface area contributed by atoms with Crippen molar-refractivity contribution in [2.24, 2.45) is 34.5 Å². The summed E-state index contributed by atoms with van der Waals surface area (Å²) in [6.07, 6.45) is 14.8. The average molecular weight is 567 g/mol. The monoisotopic (exact) mass is 566 g/mol. The van der Waals surface area contributed by atoms with Crippen LogP contribution in [0.4, 0.5) is 0 Å².